The van der Waals surface area contributed by atoms with Crippen molar-refractivity contribution < 1.29 is 14.7 Å². The second kappa shape index (κ2) is 5.25. The lowest BCUT2D eigenvalue weighted by atomic mass is 9.92. The van der Waals surface area contributed by atoms with Gasteiger partial charge in [0.25, 0.3) is 0 Å². The van der Waals surface area contributed by atoms with Gasteiger partial charge in [0.05, 0.1) is 11.8 Å². The average Bonchev–Trinajstić information content (AvgIpc) is 2.34. The lowest BCUT2D eigenvalue weighted by Gasteiger charge is -2.15. The van der Waals surface area contributed by atoms with E-state index in [1.807, 2.05) is 12.3 Å². The van der Waals surface area contributed by atoms with Gasteiger partial charge in [0.2, 0.25) is 0 Å². The summed E-state index contributed by atoms with van der Waals surface area (Å²) >= 11 is 0. The Morgan fingerprint density at radius 2 is 2.41 bits per heavy atom. The fourth-order valence-electron chi connectivity index (χ4n) is 1.77. The van der Waals surface area contributed by atoms with Crippen LogP contribution in [0.4, 0.5) is 0 Å². The van der Waals surface area contributed by atoms with E-state index in [9.17, 15) is 4.79 Å². The molecule has 1 heterocycles. The average molecular weight is 232 g/mol. The first kappa shape index (κ1) is 11.3. The highest BCUT2D eigenvalue weighted by molar-refractivity contribution is 6.02. The molecule has 0 aromatic carbocycles. The van der Waals surface area contributed by atoms with E-state index in [0.29, 0.717) is 0 Å². The zero-order chi connectivity index (χ0) is 12.1. The van der Waals surface area contributed by atoms with Gasteiger partial charge in [-0.3, -0.25) is 4.98 Å². The van der Waals surface area contributed by atoms with Crippen molar-refractivity contribution in [3.05, 3.63) is 41.9 Å². The standard InChI is InChI=1S/C12H12N2O3/c15-12(16)5-7-17-14-11-3-1-2-9-8-13-6-4-10(9)11/h4-8H,1-3H2,(H,15,16)/b7-5+,14-11-. The number of oxime groups is 1. The molecule has 0 saturated carbocycles. The summed E-state index contributed by atoms with van der Waals surface area (Å²) < 4.78 is 0. The van der Waals surface area contributed by atoms with Crippen LogP contribution in [0.25, 0.3) is 0 Å². The van der Waals surface area contributed by atoms with Gasteiger partial charge in [-0.2, -0.15) is 0 Å². The highest BCUT2D eigenvalue weighted by atomic mass is 16.6. The van der Waals surface area contributed by atoms with Crippen LogP contribution in [0.3, 0.4) is 0 Å². The molecule has 1 N–H and O–H groups in total. The maximum Gasteiger partial charge on any atom is 0.331 e. The Bertz CT molecular complexity index is 480. The summed E-state index contributed by atoms with van der Waals surface area (Å²) in [5.74, 6) is -1.06. The number of hydrogen-bond acceptors (Lipinski definition) is 4. The number of hydrogen-bond donors (Lipinski definition) is 1. The lowest BCUT2D eigenvalue weighted by molar-refractivity contribution is -0.131. The molecule has 1 aliphatic carbocycles. The number of nitrogens with zero attached hydrogens (tertiary/aromatic N) is 2. The molecule has 88 valence electrons. The van der Waals surface area contributed by atoms with Gasteiger partial charge in [-0.15, -0.1) is 0 Å². The molecule has 1 aromatic heterocycles. The first-order valence-corrected chi connectivity index (χ1v) is 5.33. The third-order valence-corrected chi connectivity index (χ3v) is 2.51. The Morgan fingerprint density at radius 1 is 1.53 bits per heavy atom. The van der Waals surface area contributed by atoms with Crippen molar-refractivity contribution in [2.24, 2.45) is 5.16 Å². The van der Waals surface area contributed by atoms with Gasteiger partial charge in [0.1, 0.15) is 6.26 Å². The summed E-state index contributed by atoms with van der Waals surface area (Å²) in [6, 6.07) is 1.90. The van der Waals surface area contributed by atoms with Gasteiger partial charge < -0.3 is 9.94 Å². The van der Waals surface area contributed by atoms with Crippen LogP contribution in [0.5, 0.6) is 0 Å². The molecule has 0 amide bonds. The second-order valence-electron chi connectivity index (χ2n) is 3.67. The Balaban J connectivity index is 2.12. The zero-order valence-corrected chi connectivity index (χ0v) is 9.17. The van der Waals surface area contributed by atoms with E-state index in [0.717, 1.165) is 48.4 Å². The summed E-state index contributed by atoms with van der Waals surface area (Å²) in [7, 11) is 0. The topological polar surface area (TPSA) is 71.8 Å². The number of carbonyl (C=O) groups is 1. The molecule has 1 aromatic rings. The van der Waals surface area contributed by atoms with Gasteiger partial charge in [-0.25, -0.2) is 4.79 Å². The Hall–Kier alpha value is -2.17. The number of fused-ring (bicyclic) bond motifs is 1. The van der Waals surface area contributed by atoms with Crippen molar-refractivity contribution in [2.45, 2.75) is 19.3 Å². The molecule has 0 saturated heterocycles. The zero-order valence-electron chi connectivity index (χ0n) is 9.17. The minimum Gasteiger partial charge on any atom is -0.478 e. The van der Waals surface area contributed by atoms with Gasteiger partial charge in [-0.1, -0.05) is 5.16 Å². The van der Waals surface area contributed by atoms with E-state index in [1.54, 1.807) is 6.20 Å². The minimum atomic E-state index is -1.06. The molecule has 5 nitrogen and oxygen atoms in total. The number of aliphatic carboxylic acids is 1. The minimum absolute atomic E-state index is 0.831. The van der Waals surface area contributed by atoms with Crippen molar-refractivity contribution in [2.75, 3.05) is 0 Å². The normalized spacial score (nSPS) is 17.1. The second-order valence-corrected chi connectivity index (χ2v) is 3.67. The molecule has 2 rings (SSSR count). The van der Waals surface area contributed by atoms with E-state index in [2.05, 4.69) is 10.1 Å². The van der Waals surface area contributed by atoms with E-state index in [4.69, 9.17) is 9.94 Å². The molecule has 0 fully saturated rings. The van der Waals surface area contributed by atoms with Crippen LogP contribution in [-0.2, 0) is 16.1 Å². The summed E-state index contributed by atoms with van der Waals surface area (Å²) in [6.07, 6.45) is 8.34. The fourth-order valence-corrected chi connectivity index (χ4v) is 1.77. The number of carboxylic acids is 1. The number of aryl methyl sites for hydroxylation is 1. The van der Waals surface area contributed by atoms with E-state index >= 15 is 0 Å². The molecule has 0 bridgehead atoms. The van der Waals surface area contributed by atoms with Crippen LogP contribution in [0, 0.1) is 0 Å². The fraction of sp³-hybridized carbons (Fsp3) is 0.250. The number of rotatable bonds is 3. The molecule has 0 unspecified atom stereocenters. The third kappa shape index (κ3) is 2.90. The number of aromatic nitrogens is 1. The van der Waals surface area contributed by atoms with Crippen LogP contribution in [-0.4, -0.2) is 21.8 Å². The summed E-state index contributed by atoms with van der Waals surface area (Å²) in [5, 5.41) is 12.3. The van der Waals surface area contributed by atoms with Gasteiger partial charge in [-0.05, 0) is 30.9 Å². The number of carboxylic acid groups (broad SMARTS) is 1. The molecular formula is C12H12N2O3. The Kier molecular flexibility index (Phi) is 3.49. The van der Waals surface area contributed by atoms with E-state index in [1.165, 1.54) is 0 Å². The quantitative estimate of drug-likeness (QED) is 0.489. The van der Waals surface area contributed by atoms with E-state index in [-0.39, 0.29) is 0 Å². The molecule has 0 radical (unpaired) electrons. The predicted octanol–water partition coefficient (Wildman–Crippen LogP) is 1.74. The Morgan fingerprint density at radius 3 is 3.24 bits per heavy atom. The summed E-state index contributed by atoms with van der Waals surface area (Å²) in [5.41, 5.74) is 3.03. The largest absolute Gasteiger partial charge is 0.478 e. The highest BCUT2D eigenvalue weighted by Gasteiger charge is 2.15. The molecule has 0 atom stereocenters. The van der Waals surface area contributed by atoms with Crippen molar-refractivity contribution in [1.82, 2.24) is 4.98 Å². The SMILES string of the molecule is O=C(O)/C=C/O/N=C1/CCCc2cnccc21. The van der Waals surface area contributed by atoms with Crippen LogP contribution in [0.15, 0.2) is 36.0 Å². The number of pyridine rings is 1. The van der Waals surface area contributed by atoms with Crippen LogP contribution < -0.4 is 0 Å². The van der Waals surface area contributed by atoms with Crippen LogP contribution in [0.2, 0.25) is 0 Å². The van der Waals surface area contributed by atoms with Crippen LogP contribution in [0.1, 0.15) is 24.0 Å². The Labute approximate surface area is 98.4 Å². The van der Waals surface area contributed by atoms with Gasteiger partial charge >= 0.3 is 5.97 Å². The molecule has 5 heteroatoms. The van der Waals surface area contributed by atoms with E-state index < -0.39 is 5.97 Å². The third-order valence-electron chi connectivity index (χ3n) is 2.51. The van der Waals surface area contributed by atoms with Crippen LogP contribution >= 0.6 is 0 Å². The molecule has 0 aliphatic heterocycles. The monoisotopic (exact) mass is 232 g/mol. The van der Waals surface area contributed by atoms with Crippen molar-refractivity contribution in [3.8, 4) is 0 Å². The smallest absolute Gasteiger partial charge is 0.331 e. The molecule has 0 spiro atoms. The first-order chi connectivity index (χ1) is 8.27. The van der Waals surface area contributed by atoms with Crippen molar-refractivity contribution >= 4 is 11.7 Å². The maximum atomic E-state index is 10.2. The maximum absolute atomic E-state index is 10.2. The lowest BCUT2D eigenvalue weighted by Crippen LogP contribution is -2.12. The highest BCUT2D eigenvalue weighted by Crippen LogP contribution is 2.20. The van der Waals surface area contributed by atoms with Crippen molar-refractivity contribution in [3.63, 3.8) is 0 Å². The predicted molar refractivity (Wildman–Crippen MR) is 61.6 cm³/mol. The molecule has 1 aliphatic rings. The van der Waals surface area contributed by atoms with Crippen molar-refractivity contribution in [1.29, 1.82) is 0 Å². The summed E-state index contributed by atoms with van der Waals surface area (Å²) in [4.78, 5) is 19.1. The van der Waals surface area contributed by atoms with Gasteiger partial charge in [0.15, 0.2) is 0 Å². The molecular weight excluding hydrogens is 220 g/mol. The summed E-state index contributed by atoms with van der Waals surface area (Å²) in [6.45, 7) is 0. The molecule has 17 heavy (non-hydrogen) atoms. The first-order valence-electron chi connectivity index (χ1n) is 5.33. The van der Waals surface area contributed by atoms with Gasteiger partial charge in [0, 0.05) is 18.0 Å².